The van der Waals surface area contributed by atoms with Crippen molar-refractivity contribution in [3.05, 3.63) is 104 Å². The zero-order valence-electron chi connectivity index (χ0n) is 15.3. The number of nitro benzene ring substituents is 1. The smallest absolute Gasteiger partial charge is 0.270 e. The van der Waals surface area contributed by atoms with Gasteiger partial charge in [0, 0.05) is 23.3 Å². The Balaban J connectivity index is 2.09. The van der Waals surface area contributed by atoms with Gasteiger partial charge in [0.15, 0.2) is 11.6 Å². The van der Waals surface area contributed by atoms with Gasteiger partial charge >= 0.3 is 0 Å². The van der Waals surface area contributed by atoms with Crippen LogP contribution in [0, 0.1) is 15.0 Å². The molecule has 9 heteroatoms. The van der Waals surface area contributed by atoms with Crippen molar-refractivity contribution in [1.29, 1.82) is 0 Å². The van der Waals surface area contributed by atoms with E-state index >= 15 is 0 Å². The Morgan fingerprint density at radius 1 is 0.933 bits per heavy atom. The predicted molar refractivity (Wildman–Crippen MR) is 106 cm³/mol. The van der Waals surface area contributed by atoms with Gasteiger partial charge in [0.25, 0.3) is 5.69 Å². The van der Waals surface area contributed by atoms with Crippen LogP contribution in [0.2, 0.25) is 0 Å². The topological polar surface area (TPSA) is 136 Å². The molecule has 0 saturated heterocycles. The number of hydrogen-bond donors (Lipinski definition) is 1. The fraction of sp³-hybridized carbons (Fsp3) is 0.0476. The van der Waals surface area contributed by atoms with Crippen LogP contribution in [0.15, 0.2) is 71.9 Å². The number of phenols is 1. The highest BCUT2D eigenvalue weighted by Gasteiger charge is 2.22. The molecule has 1 N–H and O–H groups in total. The van der Waals surface area contributed by atoms with E-state index in [1.165, 1.54) is 42.5 Å². The summed E-state index contributed by atoms with van der Waals surface area (Å²) in [5, 5.41) is 23.9. The maximum absolute atomic E-state index is 13.0. The maximum Gasteiger partial charge on any atom is 0.270 e. The average Bonchev–Trinajstić information content (AvgIpc) is 2.77. The highest BCUT2D eigenvalue weighted by Crippen LogP contribution is 2.27. The summed E-state index contributed by atoms with van der Waals surface area (Å²) < 4.78 is 5.14. The quantitative estimate of drug-likeness (QED) is 0.259. The zero-order valence-corrected chi connectivity index (χ0v) is 15.3. The highest BCUT2D eigenvalue weighted by molar-refractivity contribution is 6.15. The van der Waals surface area contributed by atoms with E-state index in [2.05, 4.69) is 5.18 Å². The number of phenolic OH excluding ortho intramolecular Hbond substituents is 1. The number of ketones is 2. The lowest BCUT2D eigenvalue weighted by Gasteiger charge is -2.10. The Morgan fingerprint density at radius 3 is 2.10 bits per heavy atom. The Kier molecular flexibility index (Phi) is 5.92. The molecule has 0 radical (unpaired) electrons. The first-order valence-corrected chi connectivity index (χ1v) is 8.60. The van der Waals surface area contributed by atoms with E-state index in [-0.39, 0.29) is 33.8 Å². The summed E-state index contributed by atoms with van der Waals surface area (Å²) >= 11 is 0. The van der Waals surface area contributed by atoms with Gasteiger partial charge in [-0.1, -0.05) is 24.3 Å². The number of carbonyl (C=O) groups excluding carboxylic acids is 2. The number of nitroso groups, excluding NO2 is 1. The lowest BCUT2D eigenvalue weighted by atomic mass is 9.96. The van der Waals surface area contributed by atoms with E-state index in [1.54, 1.807) is 12.1 Å². The van der Waals surface area contributed by atoms with Crippen LogP contribution in [0.1, 0.15) is 31.8 Å². The van der Waals surface area contributed by atoms with Crippen LogP contribution in [0.4, 0.5) is 5.69 Å². The summed E-state index contributed by atoms with van der Waals surface area (Å²) in [5.74, 6) is -1.55. The number of hydrogen-bond acceptors (Lipinski definition) is 8. The first-order valence-electron chi connectivity index (χ1n) is 8.60. The molecule has 0 atom stereocenters. The Labute approximate surface area is 169 Å². The number of benzene rings is 3. The maximum atomic E-state index is 13.0. The largest absolute Gasteiger partial charge is 0.507 e. The van der Waals surface area contributed by atoms with E-state index in [0.717, 1.165) is 12.1 Å². The molecule has 0 spiro atoms. The van der Waals surface area contributed by atoms with Gasteiger partial charge in [-0.2, -0.15) is 0 Å². The third-order valence-corrected chi connectivity index (χ3v) is 4.21. The van der Waals surface area contributed by atoms with Gasteiger partial charge in [-0.15, -0.1) is 4.91 Å². The monoisotopic (exact) mass is 406 g/mol. The van der Waals surface area contributed by atoms with Gasteiger partial charge in [-0.25, -0.2) is 0 Å². The first kappa shape index (κ1) is 20.3. The second kappa shape index (κ2) is 8.74. The molecular formula is C21H14N2O7. The summed E-state index contributed by atoms with van der Waals surface area (Å²) in [6, 6.07) is 15.0. The molecule has 0 fully saturated rings. The molecule has 3 rings (SSSR count). The van der Waals surface area contributed by atoms with E-state index in [4.69, 9.17) is 4.74 Å². The molecule has 0 aromatic heterocycles. The number of para-hydroxylation sites is 2. The van der Waals surface area contributed by atoms with Crippen molar-refractivity contribution < 1.29 is 24.4 Å². The molecule has 0 saturated carbocycles. The van der Waals surface area contributed by atoms with Crippen LogP contribution in [0.5, 0.6) is 11.5 Å². The standard InChI is InChI=1S/C21H14N2O7/c24-18-7-3-1-5-16(18)20(25)13-9-14(11-15(10-13)23(28)29)21(26)17-6-2-4-8-19(17)30-12-22-27/h1-11,24H,12H2. The molecule has 0 aliphatic heterocycles. The van der Waals surface area contributed by atoms with Crippen molar-refractivity contribution >= 4 is 17.3 Å². The molecule has 150 valence electrons. The molecule has 3 aromatic rings. The first-order chi connectivity index (χ1) is 14.4. The fourth-order valence-corrected chi connectivity index (χ4v) is 2.83. The minimum Gasteiger partial charge on any atom is -0.507 e. The average molecular weight is 406 g/mol. The van der Waals surface area contributed by atoms with Crippen LogP contribution >= 0.6 is 0 Å². The molecule has 0 unspecified atom stereocenters. The summed E-state index contributed by atoms with van der Waals surface area (Å²) in [6.45, 7) is -0.518. The molecule has 0 aliphatic carbocycles. The molecular weight excluding hydrogens is 392 g/mol. The van der Waals surface area contributed by atoms with Crippen molar-refractivity contribution in [2.24, 2.45) is 5.18 Å². The van der Waals surface area contributed by atoms with Gasteiger partial charge in [-0.3, -0.25) is 19.7 Å². The van der Waals surface area contributed by atoms with Crippen molar-refractivity contribution in [3.8, 4) is 11.5 Å². The number of aromatic hydroxyl groups is 1. The second-order valence-corrected chi connectivity index (χ2v) is 6.10. The van der Waals surface area contributed by atoms with Crippen LogP contribution in [-0.2, 0) is 0 Å². The number of non-ortho nitro benzene ring substituents is 1. The molecule has 3 aromatic carbocycles. The minimum atomic E-state index is -0.725. The normalized spacial score (nSPS) is 10.3. The summed E-state index contributed by atoms with van der Waals surface area (Å²) in [6.07, 6.45) is 0. The molecule has 0 aliphatic rings. The van der Waals surface area contributed by atoms with Crippen LogP contribution in [0.3, 0.4) is 0 Å². The minimum absolute atomic E-state index is 0.0441. The van der Waals surface area contributed by atoms with E-state index in [9.17, 15) is 29.7 Å². The van der Waals surface area contributed by atoms with Crippen LogP contribution < -0.4 is 4.74 Å². The zero-order chi connectivity index (χ0) is 21.7. The molecule has 9 nitrogen and oxygen atoms in total. The highest BCUT2D eigenvalue weighted by atomic mass is 16.6. The van der Waals surface area contributed by atoms with Crippen molar-refractivity contribution in [1.82, 2.24) is 0 Å². The molecule has 0 amide bonds. The van der Waals surface area contributed by atoms with Gasteiger partial charge < -0.3 is 9.84 Å². The predicted octanol–water partition coefficient (Wildman–Crippen LogP) is 3.87. The summed E-state index contributed by atoms with van der Waals surface area (Å²) in [5.41, 5.74) is -0.743. The van der Waals surface area contributed by atoms with Gasteiger partial charge in [0.2, 0.25) is 6.73 Å². The van der Waals surface area contributed by atoms with Crippen molar-refractivity contribution in [2.45, 2.75) is 0 Å². The number of nitro groups is 1. The van der Waals surface area contributed by atoms with Crippen molar-refractivity contribution in [3.63, 3.8) is 0 Å². The van der Waals surface area contributed by atoms with Gasteiger partial charge in [0.05, 0.1) is 16.1 Å². The third kappa shape index (κ3) is 4.20. The molecule has 0 bridgehead atoms. The Hall–Kier alpha value is -4.40. The Bertz CT molecular complexity index is 1160. The van der Waals surface area contributed by atoms with Crippen LogP contribution in [-0.4, -0.2) is 28.3 Å². The third-order valence-electron chi connectivity index (χ3n) is 4.21. The fourth-order valence-electron chi connectivity index (χ4n) is 2.83. The van der Waals surface area contributed by atoms with E-state index < -0.39 is 28.9 Å². The number of carbonyl (C=O) groups is 2. The van der Waals surface area contributed by atoms with Gasteiger partial charge in [-0.05, 0) is 35.5 Å². The Morgan fingerprint density at radius 2 is 1.50 bits per heavy atom. The van der Waals surface area contributed by atoms with E-state index in [1.807, 2.05) is 0 Å². The van der Waals surface area contributed by atoms with Crippen molar-refractivity contribution in [2.75, 3.05) is 6.73 Å². The van der Waals surface area contributed by atoms with Gasteiger partial charge in [0.1, 0.15) is 11.5 Å². The number of rotatable bonds is 8. The molecule has 0 heterocycles. The summed E-state index contributed by atoms with van der Waals surface area (Å²) in [4.78, 5) is 46.8. The van der Waals surface area contributed by atoms with E-state index in [0.29, 0.717) is 0 Å². The molecule has 30 heavy (non-hydrogen) atoms. The SMILES string of the molecule is O=NCOc1ccccc1C(=O)c1cc(C(=O)c2ccccc2O)cc([N+](=O)[O-])c1. The number of ether oxygens (including phenoxy) is 1. The summed E-state index contributed by atoms with van der Waals surface area (Å²) in [7, 11) is 0. The second-order valence-electron chi connectivity index (χ2n) is 6.10. The lowest BCUT2D eigenvalue weighted by molar-refractivity contribution is -0.384. The lowest BCUT2D eigenvalue weighted by Crippen LogP contribution is -2.09. The van der Waals surface area contributed by atoms with Crippen LogP contribution in [0.25, 0.3) is 0 Å². The number of nitrogens with zero attached hydrogens (tertiary/aromatic N) is 2.